The minimum atomic E-state index is -0.00749. The van der Waals surface area contributed by atoms with Crippen LogP contribution in [0.15, 0.2) is 18.2 Å². The van der Waals surface area contributed by atoms with Crippen LogP contribution in [0.25, 0.3) is 0 Å². The summed E-state index contributed by atoms with van der Waals surface area (Å²) >= 11 is 0. The number of hydrogen-bond donors (Lipinski definition) is 2. The predicted octanol–water partition coefficient (Wildman–Crippen LogP) is 1.29. The highest BCUT2D eigenvalue weighted by atomic mass is 16.2. The molecule has 0 atom stereocenters. The summed E-state index contributed by atoms with van der Waals surface area (Å²) in [6, 6.07) is 5.85. The molecule has 2 heterocycles. The molecule has 1 saturated heterocycles. The number of amides is 2. The number of anilines is 2. The number of piperidine rings is 1. The van der Waals surface area contributed by atoms with Gasteiger partial charge < -0.3 is 20.4 Å². The predicted molar refractivity (Wildman–Crippen MR) is 90.9 cm³/mol. The Balaban J connectivity index is 1.82. The van der Waals surface area contributed by atoms with Crippen LogP contribution in [0.4, 0.5) is 11.4 Å². The number of fused-ring (bicyclic) bond motifs is 1. The van der Waals surface area contributed by atoms with Crippen LogP contribution in [0.1, 0.15) is 29.6 Å². The molecule has 0 aromatic heterocycles. The number of benzene rings is 1. The van der Waals surface area contributed by atoms with Gasteiger partial charge in [-0.15, -0.1) is 0 Å². The SMILES string of the molecule is CN1CCC(=O)Nc2cc(C(=O)N(C)C3CCNCC3)ccc21. The Morgan fingerprint density at radius 1 is 1.30 bits per heavy atom. The van der Waals surface area contributed by atoms with Crippen molar-refractivity contribution in [2.24, 2.45) is 0 Å². The maximum absolute atomic E-state index is 12.8. The van der Waals surface area contributed by atoms with Crippen LogP contribution in [0, 0.1) is 0 Å². The lowest BCUT2D eigenvalue weighted by Gasteiger charge is -2.32. The van der Waals surface area contributed by atoms with Crippen LogP contribution in [-0.2, 0) is 4.79 Å². The molecule has 1 fully saturated rings. The van der Waals surface area contributed by atoms with Gasteiger partial charge in [-0.2, -0.15) is 0 Å². The Kier molecular flexibility index (Phi) is 4.52. The minimum absolute atomic E-state index is 0.00749. The Morgan fingerprint density at radius 3 is 2.78 bits per heavy atom. The van der Waals surface area contributed by atoms with Crippen molar-refractivity contribution in [1.82, 2.24) is 10.2 Å². The molecule has 23 heavy (non-hydrogen) atoms. The molecule has 2 aliphatic heterocycles. The average Bonchev–Trinajstić information content (AvgIpc) is 2.72. The molecule has 1 aromatic carbocycles. The van der Waals surface area contributed by atoms with Gasteiger partial charge in [0.25, 0.3) is 5.91 Å². The second kappa shape index (κ2) is 6.58. The summed E-state index contributed by atoms with van der Waals surface area (Å²) in [5, 5.41) is 6.22. The van der Waals surface area contributed by atoms with Crippen molar-refractivity contribution in [2.75, 3.05) is 43.9 Å². The van der Waals surface area contributed by atoms with Gasteiger partial charge in [-0.3, -0.25) is 9.59 Å². The van der Waals surface area contributed by atoms with Gasteiger partial charge in [0.1, 0.15) is 0 Å². The second-order valence-electron chi connectivity index (χ2n) is 6.35. The topological polar surface area (TPSA) is 64.7 Å². The van der Waals surface area contributed by atoms with E-state index in [2.05, 4.69) is 10.6 Å². The van der Waals surface area contributed by atoms with Gasteiger partial charge in [0.15, 0.2) is 0 Å². The van der Waals surface area contributed by atoms with Gasteiger partial charge in [0, 0.05) is 38.7 Å². The Labute approximate surface area is 136 Å². The molecule has 0 radical (unpaired) electrons. The molecule has 2 aliphatic rings. The molecule has 0 spiro atoms. The van der Waals surface area contributed by atoms with Crippen LogP contribution >= 0.6 is 0 Å². The smallest absolute Gasteiger partial charge is 0.253 e. The maximum Gasteiger partial charge on any atom is 0.253 e. The normalized spacial score (nSPS) is 18.9. The first kappa shape index (κ1) is 15.8. The minimum Gasteiger partial charge on any atom is -0.372 e. The maximum atomic E-state index is 12.8. The van der Waals surface area contributed by atoms with E-state index in [1.54, 1.807) is 6.07 Å². The molecule has 2 N–H and O–H groups in total. The zero-order valence-electron chi connectivity index (χ0n) is 13.8. The van der Waals surface area contributed by atoms with Gasteiger partial charge in [0.2, 0.25) is 5.91 Å². The number of nitrogens with one attached hydrogen (secondary N) is 2. The van der Waals surface area contributed by atoms with Crippen LogP contribution in [0.2, 0.25) is 0 Å². The van der Waals surface area contributed by atoms with Gasteiger partial charge in [-0.25, -0.2) is 0 Å². The standard InChI is InChI=1S/C17H24N4O2/c1-20-10-7-16(22)19-14-11-12(3-4-15(14)20)17(23)21(2)13-5-8-18-9-6-13/h3-4,11,13,18H,5-10H2,1-2H3,(H,19,22). The number of hydrogen-bond acceptors (Lipinski definition) is 4. The lowest BCUT2D eigenvalue weighted by molar-refractivity contribution is -0.115. The van der Waals surface area contributed by atoms with E-state index in [0.29, 0.717) is 18.5 Å². The van der Waals surface area contributed by atoms with E-state index >= 15 is 0 Å². The largest absolute Gasteiger partial charge is 0.372 e. The molecule has 2 amide bonds. The van der Waals surface area contributed by atoms with E-state index in [4.69, 9.17) is 0 Å². The summed E-state index contributed by atoms with van der Waals surface area (Å²) in [4.78, 5) is 28.4. The summed E-state index contributed by atoms with van der Waals surface area (Å²) in [6.07, 6.45) is 2.42. The van der Waals surface area contributed by atoms with Crippen molar-refractivity contribution in [1.29, 1.82) is 0 Å². The molecule has 0 saturated carbocycles. The first-order valence-corrected chi connectivity index (χ1v) is 8.19. The van der Waals surface area contributed by atoms with Crippen molar-refractivity contribution in [3.63, 3.8) is 0 Å². The van der Waals surface area contributed by atoms with E-state index in [0.717, 1.165) is 37.3 Å². The Bertz CT molecular complexity index is 611. The zero-order chi connectivity index (χ0) is 16.4. The highest BCUT2D eigenvalue weighted by molar-refractivity contribution is 6.00. The lowest BCUT2D eigenvalue weighted by atomic mass is 10.0. The molecule has 6 heteroatoms. The first-order valence-electron chi connectivity index (χ1n) is 8.19. The van der Waals surface area contributed by atoms with Crippen molar-refractivity contribution in [2.45, 2.75) is 25.3 Å². The first-order chi connectivity index (χ1) is 11.1. The molecular formula is C17H24N4O2. The van der Waals surface area contributed by atoms with E-state index in [-0.39, 0.29) is 17.9 Å². The number of nitrogens with zero attached hydrogens (tertiary/aromatic N) is 2. The van der Waals surface area contributed by atoms with Crippen molar-refractivity contribution in [3.8, 4) is 0 Å². The molecule has 124 valence electrons. The second-order valence-corrected chi connectivity index (χ2v) is 6.35. The monoisotopic (exact) mass is 316 g/mol. The van der Waals surface area contributed by atoms with E-state index in [1.165, 1.54) is 0 Å². The number of carbonyl (C=O) groups excluding carboxylic acids is 2. The molecule has 6 nitrogen and oxygen atoms in total. The summed E-state index contributed by atoms with van der Waals surface area (Å²) in [7, 11) is 3.83. The Hall–Kier alpha value is -2.08. The van der Waals surface area contributed by atoms with E-state index in [1.807, 2.05) is 36.0 Å². The molecular weight excluding hydrogens is 292 g/mol. The highest BCUT2D eigenvalue weighted by Crippen LogP contribution is 2.29. The van der Waals surface area contributed by atoms with Crippen molar-refractivity contribution in [3.05, 3.63) is 23.8 Å². The Morgan fingerprint density at radius 2 is 2.04 bits per heavy atom. The third kappa shape index (κ3) is 3.32. The van der Waals surface area contributed by atoms with E-state index in [9.17, 15) is 9.59 Å². The van der Waals surface area contributed by atoms with Crippen molar-refractivity contribution < 1.29 is 9.59 Å². The molecule has 0 unspecified atom stereocenters. The summed E-state index contributed by atoms with van der Waals surface area (Å²) in [5.74, 6) is 0.00718. The molecule has 1 aromatic rings. The fourth-order valence-corrected chi connectivity index (χ4v) is 3.27. The van der Waals surface area contributed by atoms with Gasteiger partial charge in [0.05, 0.1) is 11.4 Å². The average molecular weight is 316 g/mol. The zero-order valence-corrected chi connectivity index (χ0v) is 13.8. The van der Waals surface area contributed by atoms with Crippen LogP contribution in [0.3, 0.4) is 0 Å². The molecule has 0 bridgehead atoms. The fraction of sp³-hybridized carbons (Fsp3) is 0.529. The highest BCUT2D eigenvalue weighted by Gasteiger charge is 2.24. The molecule has 0 aliphatic carbocycles. The van der Waals surface area contributed by atoms with Gasteiger partial charge in [-0.1, -0.05) is 0 Å². The lowest BCUT2D eigenvalue weighted by Crippen LogP contribution is -2.44. The number of rotatable bonds is 2. The third-order valence-electron chi connectivity index (χ3n) is 4.78. The van der Waals surface area contributed by atoms with Gasteiger partial charge >= 0.3 is 0 Å². The quantitative estimate of drug-likeness (QED) is 0.863. The van der Waals surface area contributed by atoms with Crippen LogP contribution in [0.5, 0.6) is 0 Å². The van der Waals surface area contributed by atoms with Crippen LogP contribution < -0.4 is 15.5 Å². The summed E-state index contributed by atoms with van der Waals surface area (Å²) in [5.41, 5.74) is 2.30. The van der Waals surface area contributed by atoms with Crippen molar-refractivity contribution >= 4 is 23.2 Å². The fourth-order valence-electron chi connectivity index (χ4n) is 3.27. The summed E-state index contributed by atoms with van der Waals surface area (Å²) in [6.45, 7) is 2.59. The van der Waals surface area contributed by atoms with Gasteiger partial charge in [-0.05, 0) is 44.1 Å². The number of carbonyl (C=O) groups is 2. The van der Waals surface area contributed by atoms with E-state index < -0.39 is 0 Å². The summed E-state index contributed by atoms with van der Waals surface area (Å²) < 4.78 is 0. The third-order valence-corrected chi connectivity index (χ3v) is 4.78. The van der Waals surface area contributed by atoms with Crippen LogP contribution in [-0.4, -0.2) is 56.5 Å². The molecule has 3 rings (SSSR count).